The van der Waals surface area contributed by atoms with Crippen molar-refractivity contribution in [2.24, 2.45) is 5.73 Å². The maximum Gasteiger partial charge on any atom is 0.410 e. The zero-order valence-corrected chi connectivity index (χ0v) is 13.7. The number of ether oxygens (including phenoxy) is 1. The van der Waals surface area contributed by atoms with Gasteiger partial charge in [-0.3, -0.25) is 0 Å². The van der Waals surface area contributed by atoms with Gasteiger partial charge in [0, 0.05) is 31.2 Å². The number of nitrogens with zero attached hydrogens (tertiary/aromatic N) is 1. The summed E-state index contributed by atoms with van der Waals surface area (Å²) in [7, 11) is 0. The van der Waals surface area contributed by atoms with Gasteiger partial charge in [-0.05, 0) is 46.5 Å². The number of piperidine rings is 1. The molecule has 0 radical (unpaired) electrons. The summed E-state index contributed by atoms with van der Waals surface area (Å²) in [5, 5.41) is 3.71. The first-order chi connectivity index (χ1) is 9.85. The maximum absolute atomic E-state index is 12.0. The minimum absolute atomic E-state index is 0.185. The Bertz CT molecular complexity index is 346. The quantitative estimate of drug-likeness (QED) is 0.820. The van der Waals surface area contributed by atoms with Crippen molar-refractivity contribution in [1.29, 1.82) is 0 Å². The van der Waals surface area contributed by atoms with E-state index in [1.165, 1.54) is 19.3 Å². The molecule has 0 aromatic carbocycles. The number of likely N-dealkylation sites (tertiary alicyclic amines) is 1. The molecule has 0 unspecified atom stereocenters. The number of nitrogens with two attached hydrogens (primary N) is 1. The third kappa shape index (κ3) is 5.15. The SMILES string of the molecule is CC(C)(C)OC(=O)N1CCC(N[C@H]2CCCC[C@@H]2N)CC1. The molecule has 122 valence electrons. The first kappa shape index (κ1) is 16.6. The molecule has 0 spiro atoms. The Morgan fingerprint density at radius 1 is 1.14 bits per heavy atom. The van der Waals surface area contributed by atoms with Gasteiger partial charge in [-0.1, -0.05) is 12.8 Å². The zero-order chi connectivity index (χ0) is 15.5. The second-order valence-corrected chi connectivity index (χ2v) is 7.46. The van der Waals surface area contributed by atoms with Crippen molar-refractivity contribution in [3.8, 4) is 0 Å². The van der Waals surface area contributed by atoms with E-state index in [0.717, 1.165) is 32.4 Å². The van der Waals surface area contributed by atoms with Crippen LogP contribution in [0, 0.1) is 0 Å². The lowest BCUT2D eigenvalue weighted by Crippen LogP contribution is -2.54. The van der Waals surface area contributed by atoms with Gasteiger partial charge in [-0.25, -0.2) is 4.79 Å². The summed E-state index contributed by atoms with van der Waals surface area (Å²) in [6, 6.07) is 1.23. The van der Waals surface area contributed by atoms with Crippen molar-refractivity contribution < 1.29 is 9.53 Å². The molecule has 1 heterocycles. The van der Waals surface area contributed by atoms with E-state index in [1.54, 1.807) is 0 Å². The summed E-state index contributed by atoms with van der Waals surface area (Å²) in [6.45, 7) is 7.26. The Morgan fingerprint density at radius 3 is 2.33 bits per heavy atom. The molecular formula is C16H31N3O2. The zero-order valence-electron chi connectivity index (χ0n) is 13.7. The molecule has 2 rings (SSSR count). The second-order valence-electron chi connectivity index (χ2n) is 7.46. The van der Waals surface area contributed by atoms with Crippen molar-refractivity contribution in [2.75, 3.05) is 13.1 Å². The van der Waals surface area contributed by atoms with Crippen LogP contribution in [-0.2, 0) is 4.74 Å². The molecule has 0 aromatic heterocycles. The predicted molar refractivity (Wildman–Crippen MR) is 84.2 cm³/mol. The molecule has 21 heavy (non-hydrogen) atoms. The van der Waals surface area contributed by atoms with Crippen LogP contribution in [0.5, 0.6) is 0 Å². The minimum Gasteiger partial charge on any atom is -0.444 e. The number of hydrogen-bond donors (Lipinski definition) is 2. The van der Waals surface area contributed by atoms with Crippen LogP contribution in [0.2, 0.25) is 0 Å². The molecule has 1 saturated heterocycles. The average molecular weight is 297 g/mol. The summed E-state index contributed by atoms with van der Waals surface area (Å²) in [5.41, 5.74) is 5.78. The Balaban J connectivity index is 1.74. The first-order valence-corrected chi connectivity index (χ1v) is 8.35. The Labute approximate surface area is 128 Å². The van der Waals surface area contributed by atoms with Crippen LogP contribution in [0.3, 0.4) is 0 Å². The van der Waals surface area contributed by atoms with E-state index in [-0.39, 0.29) is 6.09 Å². The van der Waals surface area contributed by atoms with Gasteiger partial charge in [0.25, 0.3) is 0 Å². The molecule has 1 saturated carbocycles. The van der Waals surface area contributed by atoms with Crippen LogP contribution < -0.4 is 11.1 Å². The number of carbonyl (C=O) groups excluding carboxylic acids is 1. The topological polar surface area (TPSA) is 67.6 Å². The standard InChI is InChI=1S/C16H31N3O2/c1-16(2,3)21-15(20)19-10-8-12(9-11-19)18-14-7-5-4-6-13(14)17/h12-14,18H,4-11,17H2,1-3H3/t13-,14-/m0/s1. The van der Waals surface area contributed by atoms with Crippen LogP contribution in [0.15, 0.2) is 0 Å². The first-order valence-electron chi connectivity index (χ1n) is 8.35. The van der Waals surface area contributed by atoms with E-state index in [9.17, 15) is 4.79 Å². The number of hydrogen-bond acceptors (Lipinski definition) is 4. The van der Waals surface area contributed by atoms with Crippen LogP contribution >= 0.6 is 0 Å². The summed E-state index contributed by atoms with van der Waals surface area (Å²) < 4.78 is 5.43. The van der Waals surface area contributed by atoms with E-state index < -0.39 is 5.60 Å². The third-order valence-corrected chi connectivity index (χ3v) is 4.42. The van der Waals surface area contributed by atoms with E-state index in [1.807, 2.05) is 25.7 Å². The third-order valence-electron chi connectivity index (χ3n) is 4.42. The number of nitrogens with one attached hydrogen (secondary N) is 1. The largest absolute Gasteiger partial charge is 0.444 e. The van der Waals surface area contributed by atoms with Gasteiger partial charge in [0.2, 0.25) is 0 Å². The molecule has 2 fully saturated rings. The molecule has 1 amide bonds. The summed E-state index contributed by atoms with van der Waals surface area (Å²) in [4.78, 5) is 13.8. The molecule has 5 heteroatoms. The van der Waals surface area contributed by atoms with Gasteiger partial charge in [0.1, 0.15) is 5.60 Å². The predicted octanol–water partition coefficient (Wildman–Crippen LogP) is 2.25. The van der Waals surface area contributed by atoms with Crippen molar-refractivity contribution in [3.63, 3.8) is 0 Å². The lowest BCUT2D eigenvalue weighted by Gasteiger charge is -2.38. The molecule has 2 aliphatic rings. The minimum atomic E-state index is -0.416. The van der Waals surface area contributed by atoms with Gasteiger partial charge < -0.3 is 20.7 Å². The smallest absolute Gasteiger partial charge is 0.410 e. The Hall–Kier alpha value is -0.810. The second kappa shape index (κ2) is 6.97. The van der Waals surface area contributed by atoms with Gasteiger partial charge >= 0.3 is 6.09 Å². The van der Waals surface area contributed by atoms with Crippen LogP contribution in [0.1, 0.15) is 59.3 Å². The van der Waals surface area contributed by atoms with Gasteiger partial charge in [-0.2, -0.15) is 0 Å². The molecule has 0 aromatic rings. The molecule has 2 atom stereocenters. The molecule has 0 bridgehead atoms. The molecule has 5 nitrogen and oxygen atoms in total. The average Bonchev–Trinajstić information content (AvgIpc) is 2.40. The van der Waals surface area contributed by atoms with E-state index in [4.69, 9.17) is 10.5 Å². The highest BCUT2D eigenvalue weighted by Gasteiger charge is 2.29. The fourth-order valence-electron chi connectivity index (χ4n) is 3.22. The van der Waals surface area contributed by atoms with Gasteiger partial charge in [0.15, 0.2) is 0 Å². The van der Waals surface area contributed by atoms with Crippen LogP contribution in [0.4, 0.5) is 4.79 Å². The van der Waals surface area contributed by atoms with E-state index in [0.29, 0.717) is 18.1 Å². The molecule has 1 aliphatic carbocycles. The normalized spacial score (nSPS) is 28.5. The van der Waals surface area contributed by atoms with Crippen LogP contribution in [0.25, 0.3) is 0 Å². The molecule has 3 N–H and O–H groups in total. The van der Waals surface area contributed by atoms with Crippen molar-refractivity contribution in [2.45, 2.75) is 83.0 Å². The summed E-state index contributed by atoms with van der Waals surface area (Å²) >= 11 is 0. The van der Waals surface area contributed by atoms with Crippen molar-refractivity contribution in [1.82, 2.24) is 10.2 Å². The monoisotopic (exact) mass is 297 g/mol. The maximum atomic E-state index is 12.0. The number of amides is 1. The summed E-state index contributed by atoms with van der Waals surface area (Å²) in [6.07, 6.45) is 6.65. The molecule has 1 aliphatic heterocycles. The highest BCUT2D eigenvalue weighted by atomic mass is 16.6. The number of rotatable bonds is 2. The lowest BCUT2D eigenvalue weighted by atomic mass is 9.89. The fraction of sp³-hybridized carbons (Fsp3) is 0.938. The van der Waals surface area contributed by atoms with E-state index >= 15 is 0 Å². The lowest BCUT2D eigenvalue weighted by molar-refractivity contribution is 0.0193. The van der Waals surface area contributed by atoms with Crippen molar-refractivity contribution in [3.05, 3.63) is 0 Å². The summed E-state index contributed by atoms with van der Waals surface area (Å²) in [5.74, 6) is 0. The molecular weight excluding hydrogens is 266 g/mol. The Morgan fingerprint density at radius 2 is 1.76 bits per heavy atom. The van der Waals surface area contributed by atoms with Crippen molar-refractivity contribution >= 4 is 6.09 Å². The highest BCUT2D eigenvalue weighted by Crippen LogP contribution is 2.20. The Kier molecular flexibility index (Phi) is 5.49. The van der Waals surface area contributed by atoms with Crippen LogP contribution in [-0.4, -0.2) is 47.8 Å². The van der Waals surface area contributed by atoms with E-state index in [2.05, 4.69) is 5.32 Å². The number of carbonyl (C=O) groups is 1. The van der Waals surface area contributed by atoms with Gasteiger partial charge in [-0.15, -0.1) is 0 Å². The fourth-order valence-corrected chi connectivity index (χ4v) is 3.22. The highest BCUT2D eigenvalue weighted by molar-refractivity contribution is 5.68. The van der Waals surface area contributed by atoms with Gasteiger partial charge in [0.05, 0.1) is 0 Å².